The molecule has 0 fully saturated rings. The van der Waals surface area contributed by atoms with Crippen LogP contribution in [0.5, 0.6) is 11.5 Å². The normalized spacial score (nSPS) is 15.2. The second-order valence-electron chi connectivity index (χ2n) is 7.42. The maximum atomic E-state index is 13.5. The van der Waals surface area contributed by atoms with Gasteiger partial charge in [-0.25, -0.2) is 4.68 Å². The van der Waals surface area contributed by atoms with Crippen molar-refractivity contribution in [1.82, 2.24) is 14.8 Å². The molecule has 0 bridgehead atoms. The Hall–Kier alpha value is -3.46. The van der Waals surface area contributed by atoms with Gasteiger partial charge in [0.1, 0.15) is 6.04 Å². The average Bonchev–Trinajstić information content (AvgIpc) is 3.15. The molecule has 0 spiro atoms. The van der Waals surface area contributed by atoms with Crippen molar-refractivity contribution in [3.8, 4) is 11.5 Å². The summed E-state index contributed by atoms with van der Waals surface area (Å²) in [6.07, 6.45) is 0. The van der Waals surface area contributed by atoms with Gasteiger partial charge in [-0.1, -0.05) is 36.9 Å². The van der Waals surface area contributed by atoms with Gasteiger partial charge in [-0.2, -0.15) is 4.98 Å². The van der Waals surface area contributed by atoms with Crippen LogP contribution in [0, 0.1) is 6.92 Å². The lowest BCUT2D eigenvalue weighted by atomic mass is 9.94. The number of rotatable bonds is 6. The summed E-state index contributed by atoms with van der Waals surface area (Å²) in [6, 6.07) is 12.1. The Balaban J connectivity index is 1.81. The van der Waals surface area contributed by atoms with E-state index in [4.69, 9.17) is 4.74 Å². The molecule has 1 amide bonds. The molecule has 8 nitrogen and oxygen atoms in total. The number of aromatic hydroxyl groups is 1. The molecule has 32 heavy (non-hydrogen) atoms. The lowest BCUT2D eigenvalue weighted by molar-refractivity contribution is -0.113. The van der Waals surface area contributed by atoms with Crippen LogP contribution in [-0.2, 0) is 4.79 Å². The minimum absolute atomic E-state index is 0.0256. The van der Waals surface area contributed by atoms with Crippen LogP contribution in [0.1, 0.15) is 31.0 Å². The van der Waals surface area contributed by atoms with E-state index in [0.29, 0.717) is 33.8 Å². The van der Waals surface area contributed by atoms with Crippen molar-refractivity contribution in [2.45, 2.75) is 32.0 Å². The number of carbonyl (C=O) groups is 1. The molecule has 4 rings (SSSR count). The van der Waals surface area contributed by atoms with Gasteiger partial charge in [0.2, 0.25) is 11.1 Å². The van der Waals surface area contributed by atoms with E-state index in [1.165, 1.54) is 18.9 Å². The van der Waals surface area contributed by atoms with Gasteiger partial charge >= 0.3 is 0 Å². The molecule has 1 atom stereocenters. The Bertz CT molecular complexity index is 1200. The quantitative estimate of drug-likeness (QED) is 0.479. The number of aryl methyl sites for hydroxylation is 1. The number of thioether (sulfide) groups is 1. The number of carbonyl (C=O) groups excluding carboxylic acids is 1. The van der Waals surface area contributed by atoms with Gasteiger partial charge < -0.3 is 20.5 Å². The van der Waals surface area contributed by atoms with Crippen molar-refractivity contribution in [3.05, 3.63) is 64.9 Å². The SMILES string of the molecule is CCSc1nc2n(n1)C(c1ccc(O)c(OC)c1)C(C(=O)Nc1cccc(C)c1)=C(C)N2. The van der Waals surface area contributed by atoms with Crippen LogP contribution in [0.2, 0.25) is 0 Å². The molecule has 0 aliphatic carbocycles. The summed E-state index contributed by atoms with van der Waals surface area (Å²) in [7, 11) is 1.49. The lowest BCUT2D eigenvalue weighted by Gasteiger charge is -2.29. The fraction of sp³-hybridized carbons (Fsp3) is 0.261. The topological polar surface area (TPSA) is 101 Å². The number of hydrogen-bond donors (Lipinski definition) is 3. The molecule has 1 aromatic heterocycles. The number of fused-ring (bicyclic) bond motifs is 1. The van der Waals surface area contributed by atoms with Gasteiger partial charge in [-0.3, -0.25) is 4.79 Å². The molecule has 0 saturated carbocycles. The maximum Gasteiger partial charge on any atom is 0.255 e. The van der Waals surface area contributed by atoms with Gasteiger partial charge in [0, 0.05) is 11.4 Å². The number of benzene rings is 2. The summed E-state index contributed by atoms with van der Waals surface area (Å²) in [5.74, 6) is 1.49. The molecule has 1 aliphatic heterocycles. The highest BCUT2D eigenvalue weighted by molar-refractivity contribution is 7.99. The van der Waals surface area contributed by atoms with Crippen molar-refractivity contribution >= 4 is 29.3 Å². The molecule has 1 aliphatic rings. The van der Waals surface area contributed by atoms with Gasteiger partial charge in [0.25, 0.3) is 5.91 Å². The predicted molar refractivity (Wildman–Crippen MR) is 125 cm³/mol. The number of aromatic nitrogens is 3. The zero-order valence-corrected chi connectivity index (χ0v) is 19.2. The van der Waals surface area contributed by atoms with E-state index in [1.54, 1.807) is 22.9 Å². The fourth-order valence-corrected chi connectivity index (χ4v) is 4.26. The van der Waals surface area contributed by atoms with Crippen LogP contribution in [0.4, 0.5) is 11.6 Å². The van der Waals surface area contributed by atoms with Crippen LogP contribution < -0.4 is 15.4 Å². The number of ether oxygens (including phenoxy) is 1. The minimum Gasteiger partial charge on any atom is -0.504 e. The van der Waals surface area contributed by atoms with E-state index in [0.717, 1.165) is 16.9 Å². The highest BCUT2D eigenvalue weighted by Crippen LogP contribution is 2.39. The number of phenolic OH excluding ortho intramolecular Hbond substituents is 1. The van der Waals surface area contributed by atoms with E-state index < -0.39 is 6.04 Å². The molecule has 0 saturated heterocycles. The molecule has 3 N–H and O–H groups in total. The highest BCUT2D eigenvalue weighted by Gasteiger charge is 2.35. The molecular weight excluding hydrogens is 426 g/mol. The molecule has 0 radical (unpaired) electrons. The average molecular weight is 452 g/mol. The molecular formula is C23H25N5O3S. The first-order chi connectivity index (χ1) is 15.4. The van der Waals surface area contributed by atoms with Gasteiger partial charge in [-0.15, -0.1) is 5.10 Å². The first-order valence-electron chi connectivity index (χ1n) is 10.2. The first-order valence-corrected chi connectivity index (χ1v) is 11.2. The molecule has 2 aromatic carbocycles. The van der Waals surface area contributed by atoms with E-state index in [9.17, 15) is 9.90 Å². The van der Waals surface area contributed by atoms with E-state index in [2.05, 4.69) is 20.7 Å². The Morgan fingerprint density at radius 3 is 2.81 bits per heavy atom. The van der Waals surface area contributed by atoms with E-state index in [-0.39, 0.29) is 11.7 Å². The van der Waals surface area contributed by atoms with Crippen molar-refractivity contribution in [1.29, 1.82) is 0 Å². The third-order valence-corrected chi connectivity index (χ3v) is 5.87. The molecule has 1 unspecified atom stereocenters. The summed E-state index contributed by atoms with van der Waals surface area (Å²) in [6.45, 7) is 5.85. The number of nitrogens with zero attached hydrogens (tertiary/aromatic N) is 3. The highest BCUT2D eigenvalue weighted by atomic mass is 32.2. The number of allylic oxidation sites excluding steroid dienone is 1. The predicted octanol–water partition coefficient (Wildman–Crippen LogP) is 4.34. The van der Waals surface area contributed by atoms with Crippen LogP contribution >= 0.6 is 11.8 Å². The molecule has 2 heterocycles. The lowest BCUT2D eigenvalue weighted by Crippen LogP contribution is -2.31. The Labute approximate surface area is 190 Å². The Morgan fingerprint density at radius 1 is 1.28 bits per heavy atom. The largest absolute Gasteiger partial charge is 0.504 e. The molecule has 3 aromatic rings. The second-order valence-corrected chi connectivity index (χ2v) is 8.65. The number of amides is 1. The zero-order chi connectivity index (χ0) is 22.8. The summed E-state index contributed by atoms with van der Waals surface area (Å²) < 4.78 is 7.02. The van der Waals surface area contributed by atoms with Gasteiger partial charge in [0.05, 0.1) is 12.7 Å². The number of hydrogen-bond acceptors (Lipinski definition) is 7. The Kier molecular flexibility index (Phi) is 6.09. The van der Waals surface area contributed by atoms with Crippen LogP contribution in [0.25, 0.3) is 0 Å². The third-order valence-electron chi connectivity index (χ3n) is 5.15. The van der Waals surface area contributed by atoms with Crippen LogP contribution in [-0.4, -0.2) is 38.6 Å². The second kappa shape index (κ2) is 8.96. The first kappa shape index (κ1) is 21.8. The van der Waals surface area contributed by atoms with Gasteiger partial charge in [0.15, 0.2) is 11.5 Å². The summed E-state index contributed by atoms with van der Waals surface area (Å²) in [5, 5.41) is 21.6. The third kappa shape index (κ3) is 4.16. The van der Waals surface area contributed by atoms with Crippen molar-refractivity contribution < 1.29 is 14.6 Å². The number of nitrogens with one attached hydrogen (secondary N) is 2. The van der Waals surface area contributed by atoms with Gasteiger partial charge in [-0.05, 0) is 55.0 Å². The standard InChI is InChI=1S/C23H25N5O3S/c1-5-32-23-26-22-24-14(3)19(21(30)25-16-8-6-7-13(2)11-16)20(28(22)27-23)15-9-10-17(29)18(12-15)31-4/h6-12,20,29H,5H2,1-4H3,(H,25,30)(H,24,26,27). The maximum absolute atomic E-state index is 13.5. The number of anilines is 2. The Morgan fingerprint density at radius 2 is 2.09 bits per heavy atom. The number of methoxy groups -OCH3 is 1. The summed E-state index contributed by atoms with van der Waals surface area (Å²) >= 11 is 1.52. The smallest absolute Gasteiger partial charge is 0.255 e. The summed E-state index contributed by atoms with van der Waals surface area (Å²) in [5.41, 5.74) is 3.69. The summed E-state index contributed by atoms with van der Waals surface area (Å²) in [4.78, 5) is 18.1. The van der Waals surface area contributed by atoms with Crippen LogP contribution in [0.3, 0.4) is 0 Å². The van der Waals surface area contributed by atoms with Crippen molar-refractivity contribution in [2.75, 3.05) is 23.5 Å². The van der Waals surface area contributed by atoms with Crippen LogP contribution in [0.15, 0.2) is 58.9 Å². The minimum atomic E-state index is -0.552. The fourth-order valence-electron chi connectivity index (χ4n) is 3.71. The monoisotopic (exact) mass is 451 g/mol. The van der Waals surface area contributed by atoms with E-state index >= 15 is 0 Å². The molecule has 9 heteroatoms. The van der Waals surface area contributed by atoms with E-state index in [1.807, 2.05) is 45.0 Å². The van der Waals surface area contributed by atoms with Crippen molar-refractivity contribution in [2.24, 2.45) is 0 Å². The zero-order valence-electron chi connectivity index (χ0n) is 18.3. The number of phenols is 1. The van der Waals surface area contributed by atoms with Crippen molar-refractivity contribution in [3.63, 3.8) is 0 Å². The molecule has 166 valence electrons.